The van der Waals surface area contributed by atoms with Crippen LogP contribution in [-0.2, 0) is 13.0 Å². The van der Waals surface area contributed by atoms with E-state index in [0.29, 0.717) is 25.2 Å². The average molecular weight is 379 g/mol. The maximum atomic E-state index is 12.8. The van der Waals surface area contributed by atoms with Crippen molar-refractivity contribution in [1.29, 1.82) is 0 Å². The Hall–Kier alpha value is -2.70. The van der Waals surface area contributed by atoms with E-state index in [-0.39, 0.29) is 24.5 Å². The van der Waals surface area contributed by atoms with E-state index in [0.717, 1.165) is 30.6 Å². The Kier molecular flexibility index (Phi) is 5.41. The molecule has 0 saturated carbocycles. The van der Waals surface area contributed by atoms with Crippen LogP contribution in [0.25, 0.3) is 0 Å². The molecule has 0 radical (unpaired) electrons. The number of hydrogen-bond acceptors (Lipinski definition) is 4. The van der Waals surface area contributed by atoms with Gasteiger partial charge in [0.05, 0.1) is 12.6 Å². The fraction of sp³-hybridized carbons (Fsp3) is 0.364. The number of ketones is 1. The number of urea groups is 1. The molecule has 1 heterocycles. The molecule has 0 spiro atoms. The molecule has 1 aliphatic heterocycles. The van der Waals surface area contributed by atoms with Crippen molar-refractivity contribution in [2.45, 2.75) is 25.4 Å². The van der Waals surface area contributed by atoms with Crippen molar-refractivity contribution in [2.24, 2.45) is 0 Å². The molecule has 2 aromatic carbocycles. The predicted octanol–water partition coefficient (Wildman–Crippen LogP) is 2.53. The molecular weight excluding hydrogens is 354 g/mol. The fourth-order valence-corrected chi connectivity index (χ4v) is 4.06. The summed E-state index contributed by atoms with van der Waals surface area (Å²) in [5, 5.41) is 12.8. The van der Waals surface area contributed by atoms with Gasteiger partial charge in [-0.05, 0) is 35.7 Å². The molecule has 1 saturated heterocycles. The van der Waals surface area contributed by atoms with Crippen LogP contribution in [0.1, 0.15) is 27.9 Å². The third-order valence-corrected chi connectivity index (χ3v) is 5.57. The number of nitrogens with zero attached hydrogens (tertiary/aromatic N) is 2. The maximum Gasteiger partial charge on any atom is 0.322 e. The number of aliphatic hydroxyl groups excluding tert-OH is 1. The summed E-state index contributed by atoms with van der Waals surface area (Å²) >= 11 is 0. The van der Waals surface area contributed by atoms with Gasteiger partial charge in [-0.3, -0.25) is 9.69 Å². The summed E-state index contributed by atoms with van der Waals surface area (Å²) in [5.74, 6) is 0.169. The average Bonchev–Trinajstić information content (AvgIpc) is 3.08. The number of anilines is 1. The van der Waals surface area contributed by atoms with Crippen molar-refractivity contribution in [2.75, 3.05) is 31.6 Å². The number of fused-ring (bicyclic) bond motifs is 1. The second kappa shape index (κ2) is 8.12. The van der Waals surface area contributed by atoms with E-state index in [1.165, 1.54) is 5.56 Å². The van der Waals surface area contributed by atoms with E-state index in [1.807, 2.05) is 24.3 Å². The second-order valence-corrected chi connectivity index (χ2v) is 7.48. The molecule has 2 N–H and O–H groups in total. The summed E-state index contributed by atoms with van der Waals surface area (Å²) in [7, 11) is 0. The van der Waals surface area contributed by atoms with Gasteiger partial charge in [-0.15, -0.1) is 0 Å². The topological polar surface area (TPSA) is 72.9 Å². The van der Waals surface area contributed by atoms with Gasteiger partial charge >= 0.3 is 6.03 Å². The van der Waals surface area contributed by atoms with E-state index in [2.05, 4.69) is 22.3 Å². The summed E-state index contributed by atoms with van der Waals surface area (Å²) in [6.45, 7) is 2.70. The SMILES string of the molecule is O=C1CCc2cc(NC(=O)N3CCN(Cc4ccccc4)CC3CO)ccc21. The van der Waals surface area contributed by atoms with Gasteiger partial charge in [0.1, 0.15) is 0 Å². The molecule has 146 valence electrons. The van der Waals surface area contributed by atoms with Crippen LogP contribution in [0.5, 0.6) is 0 Å². The second-order valence-electron chi connectivity index (χ2n) is 7.48. The first-order chi connectivity index (χ1) is 13.6. The molecule has 1 fully saturated rings. The Labute approximate surface area is 164 Å². The Balaban J connectivity index is 1.38. The molecule has 2 aromatic rings. The highest BCUT2D eigenvalue weighted by atomic mass is 16.3. The summed E-state index contributed by atoms with van der Waals surface area (Å²) in [4.78, 5) is 28.5. The Morgan fingerprint density at radius 1 is 1.11 bits per heavy atom. The monoisotopic (exact) mass is 379 g/mol. The first-order valence-electron chi connectivity index (χ1n) is 9.75. The molecule has 1 unspecified atom stereocenters. The minimum Gasteiger partial charge on any atom is -0.394 e. The number of aliphatic hydroxyl groups is 1. The number of Topliss-reactive ketones (excluding diaryl/α,β-unsaturated/α-hetero) is 1. The largest absolute Gasteiger partial charge is 0.394 e. The van der Waals surface area contributed by atoms with Gasteiger partial charge in [0.25, 0.3) is 0 Å². The predicted molar refractivity (Wildman–Crippen MR) is 107 cm³/mol. The lowest BCUT2D eigenvalue weighted by molar-refractivity contribution is 0.0623. The van der Waals surface area contributed by atoms with Gasteiger partial charge in [0, 0.05) is 43.9 Å². The zero-order valence-electron chi connectivity index (χ0n) is 15.8. The number of benzene rings is 2. The van der Waals surface area contributed by atoms with E-state index in [9.17, 15) is 14.7 Å². The maximum absolute atomic E-state index is 12.8. The van der Waals surface area contributed by atoms with Crippen LogP contribution in [0, 0.1) is 0 Å². The van der Waals surface area contributed by atoms with Crippen LogP contribution in [0.4, 0.5) is 10.5 Å². The van der Waals surface area contributed by atoms with Crippen molar-refractivity contribution in [3.63, 3.8) is 0 Å². The number of aryl methyl sites for hydroxylation is 1. The van der Waals surface area contributed by atoms with E-state index < -0.39 is 0 Å². The Morgan fingerprint density at radius 2 is 1.93 bits per heavy atom. The lowest BCUT2D eigenvalue weighted by Crippen LogP contribution is -2.57. The Morgan fingerprint density at radius 3 is 2.71 bits per heavy atom. The zero-order valence-corrected chi connectivity index (χ0v) is 15.8. The van der Waals surface area contributed by atoms with Crippen LogP contribution in [0.3, 0.4) is 0 Å². The molecule has 2 amide bonds. The third kappa shape index (κ3) is 3.93. The first kappa shape index (κ1) is 18.7. The number of carbonyl (C=O) groups is 2. The molecule has 0 bridgehead atoms. The van der Waals surface area contributed by atoms with E-state index in [4.69, 9.17) is 0 Å². The van der Waals surface area contributed by atoms with Crippen molar-refractivity contribution in [3.8, 4) is 0 Å². The summed E-state index contributed by atoms with van der Waals surface area (Å²) in [6.07, 6.45) is 1.28. The molecule has 2 aliphatic rings. The Bertz CT molecular complexity index is 869. The molecule has 4 rings (SSSR count). The van der Waals surface area contributed by atoms with Crippen molar-refractivity contribution in [1.82, 2.24) is 9.80 Å². The minimum atomic E-state index is -0.242. The van der Waals surface area contributed by atoms with Gasteiger partial charge in [-0.2, -0.15) is 0 Å². The van der Waals surface area contributed by atoms with Crippen LogP contribution in [0.15, 0.2) is 48.5 Å². The highest BCUT2D eigenvalue weighted by Crippen LogP contribution is 2.25. The third-order valence-electron chi connectivity index (χ3n) is 5.57. The zero-order chi connectivity index (χ0) is 19.5. The normalized spacial score (nSPS) is 19.5. The molecule has 1 aliphatic carbocycles. The van der Waals surface area contributed by atoms with Gasteiger partial charge < -0.3 is 15.3 Å². The van der Waals surface area contributed by atoms with Crippen molar-refractivity contribution in [3.05, 3.63) is 65.2 Å². The lowest BCUT2D eigenvalue weighted by atomic mass is 10.1. The summed E-state index contributed by atoms with van der Waals surface area (Å²) in [5.41, 5.74) is 3.68. The molecule has 1 atom stereocenters. The van der Waals surface area contributed by atoms with Gasteiger partial charge in [-0.25, -0.2) is 4.79 Å². The van der Waals surface area contributed by atoms with Crippen molar-refractivity contribution >= 4 is 17.5 Å². The quantitative estimate of drug-likeness (QED) is 0.856. The van der Waals surface area contributed by atoms with Gasteiger partial charge in [0.15, 0.2) is 5.78 Å². The summed E-state index contributed by atoms with van der Waals surface area (Å²) < 4.78 is 0. The van der Waals surface area contributed by atoms with Crippen molar-refractivity contribution < 1.29 is 14.7 Å². The van der Waals surface area contributed by atoms with Crippen LogP contribution >= 0.6 is 0 Å². The van der Waals surface area contributed by atoms with E-state index in [1.54, 1.807) is 17.0 Å². The number of piperazine rings is 1. The number of rotatable bonds is 4. The molecule has 0 aromatic heterocycles. The summed E-state index contributed by atoms with van der Waals surface area (Å²) in [6, 6.07) is 15.2. The number of hydrogen-bond donors (Lipinski definition) is 2. The number of carbonyl (C=O) groups excluding carboxylic acids is 2. The standard InChI is InChI=1S/C22H25N3O3/c26-15-19-14-24(13-16-4-2-1-3-5-16)10-11-25(19)22(28)23-18-7-8-20-17(12-18)6-9-21(20)27/h1-5,7-8,12,19,26H,6,9-11,13-15H2,(H,23,28). The van der Waals surface area contributed by atoms with Crippen LogP contribution in [-0.4, -0.2) is 59.0 Å². The smallest absolute Gasteiger partial charge is 0.322 e. The first-order valence-corrected chi connectivity index (χ1v) is 9.75. The molecule has 6 heteroatoms. The molecule has 28 heavy (non-hydrogen) atoms. The lowest BCUT2D eigenvalue weighted by Gasteiger charge is -2.40. The minimum absolute atomic E-state index is 0.0720. The highest BCUT2D eigenvalue weighted by molar-refractivity contribution is 6.01. The molecular formula is C22H25N3O3. The van der Waals surface area contributed by atoms with Gasteiger partial charge in [0.2, 0.25) is 0 Å². The number of nitrogens with one attached hydrogen (secondary N) is 1. The fourth-order valence-electron chi connectivity index (χ4n) is 4.06. The van der Waals surface area contributed by atoms with Crippen LogP contribution < -0.4 is 5.32 Å². The highest BCUT2D eigenvalue weighted by Gasteiger charge is 2.30. The number of amides is 2. The molecule has 6 nitrogen and oxygen atoms in total. The van der Waals surface area contributed by atoms with Gasteiger partial charge in [-0.1, -0.05) is 30.3 Å². The van der Waals surface area contributed by atoms with Crippen LogP contribution in [0.2, 0.25) is 0 Å². The van der Waals surface area contributed by atoms with E-state index >= 15 is 0 Å².